The van der Waals surface area contributed by atoms with Gasteiger partial charge in [0, 0.05) is 55.9 Å². The summed E-state index contributed by atoms with van der Waals surface area (Å²) in [4.78, 5) is 28.8. The maximum Gasteiger partial charge on any atom is 0.319 e. The molecule has 0 aliphatic carbocycles. The molecule has 0 atom stereocenters. The molecular formula is C26H33N9O2. The predicted molar refractivity (Wildman–Crippen MR) is 150 cm³/mol. The molecule has 0 bridgehead atoms. The Kier molecular flexibility index (Phi) is 7.63. The SMILES string of the molecule is CNC(=O)Nc1cnc(Nc2cc(N)c(N(C)CCN(C)C)cc2OC)nc1-c1c[nH]c2ccccc12. The quantitative estimate of drug-likeness (QED) is 0.218. The average Bonchev–Trinajstić information content (AvgIpc) is 3.32. The highest BCUT2D eigenvalue weighted by Gasteiger charge is 2.18. The van der Waals surface area contributed by atoms with E-state index in [-0.39, 0.29) is 6.03 Å². The summed E-state index contributed by atoms with van der Waals surface area (Å²) < 4.78 is 5.66. The van der Waals surface area contributed by atoms with Gasteiger partial charge in [0.2, 0.25) is 5.95 Å². The number of carbonyl (C=O) groups excluding carboxylic acids is 1. The monoisotopic (exact) mass is 503 g/mol. The van der Waals surface area contributed by atoms with E-state index in [9.17, 15) is 4.79 Å². The molecule has 0 saturated heterocycles. The molecule has 0 unspecified atom stereocenters. The molecule has 0 spiro atoms. The minimum Gasteiger partial charge on any atom is -0.494 e. The molecule has 11 nitrogen and oxygen atoms in total. The summed E-state index contributed by atoms with van der Waals surface area (Å²) in [7, 11) is 9.22. The summed E-state index contributed by atoms with van der Waals surface area (Å²) in [5, 5.41) is 9.57. The Balaban J connectivity index is 1.71. The van der Waals surface area contributed by atoms with Gasteiger partial charge in [0.15, 0.2) is 0 Å². The van der Waals surface area contributed by atoms with Gasteiger partial charge in [-0.15, -0.1) is 0 Å². The lowest BCUT2D eigenvalue weighted by Gasteiger charge is -2.24. The summed E-state index contributed by atoms with van der Waals surface area (Å²) in [6.45, 7) is 1.70. The molecule has 2 aromatic heterocycles. The molecular weight excluding hydrogens is 470 g/mol. The summed E-state index contributed by atoms with van der Waals surface area (Å²) >= 11 is 0. The van der Waals surface area contributed by atoms with Crippen molar-refractivity contribution in [1.29, 1.82) is 0 Å². The third-order valence-corrected chi connectivity index (χ3v) is 6.00. The number of para-hydroxylation sites is 1. The van der Waals surface area contributed by atoms with Crippen molar-refractivity contribution in [3.05, 3.63) is 48.8 Å². The van der Waals surface area contributed by atoms with Crippen LogP contribution in [0.5, 0.6) is 5.75 Å². The minimum absolute atomic E-state index is 0.328. The van der Waals surface area contributed by atoms with E-state index in [1.165, 1.54) is 0 Å². The van der Waals surface area contributed by atoms with Gasteiger partial charge in [-0.05, 0) is 26.2 Å². The van der Waals surface area contributed by atoms with Gasteiger partial charge in [-0.25, -0.2) is 14.8 Å². The Bertz CT molecular complexity index is 1400. The van der Waals surface area contributed by atoms with Crippen LogP contribution in [0.2, 0.25) is 0 Å². The first kappa shape index (κ1) is 25.6. The van der Waals surface area contributed by atoms with Gasteiger partial charge in [-0.3, -0.25) is 0 Å². The molecule has 0 aliphatic heterocycles. The molecule has 2 heterocycles. The number of hydrogen-bond acceptors (Lipinski definition) is 8. The van der Waals surface area contributed by atoms with Gasteiger partial charge in [-0.1, -0.05) is 18.2 Å². The molecule has 11 heteroatoms. The summed E-state index contributed by atoms with van der Waals surface area (Å²) in [6, 6.07) is 11.2. The molecule has 2 amide bonds. The normalized spacial score (nSPS) is 11.0. The lowest BCUT2D eigenvalue weighted by atomic mass is 10.1. The Morgan fingerprint density at radius 1 is 1.14 bits per heavy atom. The number of aromatic amines is 1. The van der Waals surface area contributed by atoms with Crippen LogP contribution in [0.3, 0.4) is 0 Å². The second-order valence-corrected chi connectivity index (χ2v) is 8.87. The van der Waals surface area contributed by atoms with Crippen LogP contribution in [0.15, 0.2) is 48.8 Å². The lowest BCUT2D eigenvalue weighted by molar-refractivity contribution is 0.254. The van der Waals surface area contributed by atoms with E-state index in [0.29, 0.717) is 34.5 Å². The summed E-state index contributed by atoms with van der Waals surface area (Å²) in [5.41, 5.74) is 11.3. The summed E-state index contributed by atoms with van der Waals surface area (Å²) in [6.07, 6.45) is 3.43. The number of aromatic nitrogens is 3. The van der Waals surface area contributed by atoms with E-state index in [2.05, 4.69) is 35.7 Å². The Morgan fingerprint density at radius 3 is 2.65 bits per heavy atom. The fraction of sp³-hybridized carbons (Fsp3) is 0.269. The van der Waals surface area contributed by atoms with Crippen LogP contribution < -0.4 is 31.3 Å². The standard InChI is InChI=1S/C26H33N9O2/c1-28-26(36)32-21-15-30-25(33-24(21)17-14-29-19-9-7-6-8-16(17)19)31-20-12-18(27)22(13-23(20)37-5)35(4)11-10-34(2)3/h6-9,12-15,29H,10-11,27H2,1-5H3,(H2,28,32,36)(H,30,31,33). The molecule has 2 aromatic carbocycles. The number of fused-ring (bicyclic) bond motifs is 1. The lowest BCUT2D eigenvalue weighted by Crippen LogP contribution is -2.29. The number of ether oxygens (including phenoxy) is 1. The third kappa shape index (κ3) is 5.67. The number of benzene rings is 2. The number of amides is 2. The number of nitrogen functional groups attached to an aromatic ring is 1. The van der Waals surface area contributed by atoms with E-state index < -0.39 is 0 Å². The van der Waals surface area contributed by atoms with Gasteiger partial charge in [0.1, 0.15) is 11.4 Å². The topological polar surface area (TPSA) is 136 Å². The number of H-pyrrole nitrogens is 1. The molecule has 0 saturated carbocycles. The number of nitrogens with two attached hydrogens (primary N) is 1. The Morgan fingerprint density at radius 2 is 1.92 bits per heavy atom. The first-order valence-electron chi connectivity index (χ1n) is 11.8. The minimum atomic E-state index is -0.367. The third-order valence-electron chi connectivity index (χ3n) is 6.00. The van der Waals surface area contributed by atoms with E-state index in [1.807, 2.05) is 63.7 Å². The zero-order chi connectivity index (χ0) is 26.5. The van der Waals surface area contributed by atoms with Gasteiger partial charge < -0.3 is 41.2 Å². The van der Waals surface area contributed by atoms with Crippen molar-refractivity contribution in [3.8, 4) is 17.0 Å². The van der Waals surface area contributed by atoms with Crippen LogP contribution >= 0.6 is 0 Å². The average molecular weight is 504 g/mol. The van der Waals surface area contributed by atoms with E-state index in [0.717, 1.165) is 35.2 Å². The molecule has 0 fully saturated rings. The zero-order valence-corrected chi connectivity index (χ0v) is 21.7. The highest BCUT2D eigenvalue weighted by molar-refractivity contribution is 6.00. The van der Waals surface area contributed by atoms with Crippen molar-refractivity contribution in [2.75, 3.05) is 69.7 Å². The van der Waals surface area contributed by atoms with Crippen molar-refractivity contribution in [3.63, 3.8) is 0 Å². The molecule has 4 rings (SSSR count). The van der Waals surface area contributed by atoms with Crippen LogP contribution in [0.1, 0.15) is 0 Å². The molecule has 194 valence electrons. The van der Waals surface area contributed by atoms with Gasteiger partial charge in [-0.2, -0.15) is 0 Å². The van der Waals surface area contributed by atoms with E-state index in [4.69, 9.17) is 15.5 Å². The smallest absolute Gasteiger partial charge is 0.319 e. The van der Waals surface area contributed by atoms with Crippen LogP contribution in [0, 0.1) is 0 Å². The predicted octanol–water partition coefficient (Wildman–Crippen LogP) is 3.71. The first-order chi connectivity index (χ1) is 17.8. The molecule has 4 aromatic rings. The Hall–Kier alpha value is -4.51. The number of anilines is 5. The highest BCUT2D eigenvalue weighted by Crippen LogP contribution is 2.37. The maximum absolute atomic E-state index is 12.1. The van der Waals surface area contributed by atoms with Gasteiger partial charge in [0.05, 0.1) is 36.1 Å². The van der Waals surface area contributed by atoms with Crippen LogP contribution in [-0.2, 0) is 0 Å². The number of methoxy groups -OCH3 is 1. The fourth-order valence-electron chi connectivity index (χ4n) is 3.96. The molecule has 6 N–H and O–H groups in total. The first-order valence-corrected chi connectivity index (χ1v) is 11.8. The van der Waals surface area contributed by atoms with Crippen molar-refractivity contribution in [1.82, 2.24) is 25.2 Å². The number of urea groups is 1. The number of rotatable bonds is 9. The van der Waals surface area contributed by atoms with Gasteiger partial charge in [0.25, 0.3) is 0 Å². The highest BCUT2D eigenvalue weighted by atomic mass is 16.5. The van der Waals surface area contributed by atoms with Gasteiger partial charge >= 0.3 is 6.03 Å². The summed E-state index contributed by atoms with van der Waals surface area (Å²) in [5.74, 6) is 0.930. The number of nitrogens with one attached hydrogen (secondary N) is 4. The van der Waals surface area contributed by atoms with Crippen LogP contribution in [0.4, 0.5) is 33.5 Å². The van der Waals surface area contributed by atoms with Crippen molar-refractivity contribution in [2.45, 2.75) is 0 Å². The fourth-order valence-corrected chi connectivity index (χ4v) is 3.96. The van der Waals surface area contributed by atoms with Crippen molar-refractivity contribution < 1.29 is 9.53 Å². The second-order valence-electron chi connectivity index (χ2n) is 8.87. The van der Waals surface area contributed by atoms with E-state index >= 15 is 0 Å². The Labute approximate surface area is 216 Å². The van der Waals surface area contributed by atoms with Crippen LogP contribution in [-0.4, -0.2) is 74.3 Å². The number of nitrogens with zero attached hydrogens (tertiary/aromatic N) is 4. The maximum atomic E-state index is 12.1. The van der Waals surface area contributed by atoms with Crippen LogP contribution in [0.25, 0.3) is 22.2 Å². The molecule has 0 radical (unpaired) electrons. The van der Waals surface area contributed by atoms with Crippen molar-refractivity contribution >= 4 is 45.6 Å². The number of hydrogen-bond donors (Lipinski definition) is 5. The molecule has 0 aliphatic rings. The zero-order valence-electron chi connectivity index (χ0n) is 21.7. The second kappa shape index (κ2) is 11.0. The number of likely N-dealkylation sites (N-methyl/N-ethyl adjacent to an activating group) is 2. The largest absolute Gasteiger partial charge is 0.494 e. The molecule has 37 heavy (non-hydrogen) atoms. The number of carbonyl (C=O) groups is 1. The van der Waals surface area contributed by atoms with Crippen molar-refractivity contribution in [2.24, 2.45) is 0 Å². The van der Waals surface area contributed by atoms with E-state index in [1.54, 1.807) is 20.4 Å².